The highest BCUT2D eigenvalue weighted by Gasteiger charge is 2.16. The molecule has 0 aliphatic carbocycles. The molecule has 0 amide bonds. The lowest BCUT2D eigenvalue weighted by molar-refractivity contribution is -0.161. The van der Waals surface area contributed by atoms with Gasteiger partial charge in [0.2, 0.25) is 0 Å². The van der Waals surface area contributed by atoms with Crippen LogP contribution < -0.4 is 0 Å². The van der Waals surface area contributed by atoms with Crippen molar-refractivity contribution in [2.24, 2.45) is 0 Å². The van der Waals surface area contributed by atoms with Gasteiger partial charge in [0.15, 0.2) is 6.10 Å². The van der Waals surface area contributed by atoms with Crippen LogP contribution in [0.25, 0.3) is 0 Å². The fourth-order valence-corrected chi connectivity index (χ4v) is 8.81. The monoisotopic (exact) mass is 1200 g/mol. The first-order chi connectivity index (χ1) is 43.6. The average Bonchev–Trinajstić information content (AvgIpc) is 3.56. The van der Waals surface area contributed by atoms with Crippen molar-refractivity contribution in [1.82, 2.24) is 0 Å². The molecule has 1 atom stereocenters. The van der Waals surface area contributed by atoms with E-state index in [1.807, 2.05) is 0 Å². The molecule has 0 aromatic rings. The topological polar surface area (TPSA) is 72.8 Å². The maximum absolute atomic E-state index is 12.4. The van der Waals surface area contributed by atoms with E-state index in [-0.39, 0.29) is 25.2 Å². The second-order valence-electron chi connectivity index (χ2n) is 22.1. The van der Waals surface area contributed by atoms with Gasteiger partial charge in [0.05, 0.1) is 6.61 Å². The van der Waals surface area contributed by atoms with Crippen LogP contribution in [-0.4, -0.2) is 36.4 Å². The van der Waals surface area contributed by atoms with Gasteiger partial charge in [-0.2, -0.15) is 0 Å². The highest BCUT2D eigenvalue weighted by Crippen LogP contribution is 2.14. The first-order valence-corrected chi connectivity index (χ1v) is 34.9. The summed E-state index contributed by atoms with van der Waals surface area (Å²) in [5, 5.41) is 9.70. The Hall–Kier alpha value is -6.04. The van der Waals surface area contributed by atoms with Crippen LogP contribution in [0, 0.1) is 0 Å². The van der Waals surface area contributed by atoms with Gasteiger partial charge in [-0.3, -0.25) is 9.59 Å². The number of aliphatic hydroxyl groups is 1. The summed E-state index contributed by atoms with van der Waals surface area (Å²) < 4.78 is 10.7. The number of carbonyl (C=O) groups excluding carboxylic acids is 2. The standard InChI is InChI=1S/C83H126O5/c1-3-5-7-9-11-13-15-17-19-21-23-25-27-29-31-33-35-37-38-39-40-41-42-43-44-46-48-50-52-54-56-58-60-62-64-66-68-70-72-74-76-78-83(86)88-81(79-84)80-87-82(85)77-75-73-71-69-67-65-63-61-59-57-55-53-51-49-47-45-36-34-32-30-28-26-24-22-20-18-16-14-12-10-8-6-4-2/h5-8,11-14,17-20,23-26,29-32,35-37,39-40,42-43,45-46,48-49,51-52,54,58,60,64,66,81,84H,3-4,9-10,15-16,21-22,27-28,33-34,38,41,44,47,50,53,55-57,59,61-63,65,67-80H2,1-2H3/b7-5-,8-6-,13-11-,14-12-,19-17-,20-18-,25-23-,26-24-,31-29-,32-30-,37-35-,40-39-,43-42-,45-36-,48-46-,51-49-,54-52-,60-58-,66-64-. The maximum Gasteiger partial charge on any atom is 0.306 e. The smallest absolute Gasteiger partial charge is 0.306 e. The number of carbonyl (C=O) groups is 2. The van der Waals surface area contributed by atoms with Crippen LogP contribution >= 0.6 is 0 Å². The number of ether oxygens (including phenoxy) is 2. The molecule has 0 fully saturated rings. The highest BCUT2D eigenvalue weighted by atomic mass is 16.6. The van der Waals surface area contributed by atoms with Crippen LogP contribution in [0.1, 0.15) is 258 Å². The van der Waals surface area contributed by atoms with Crippen LogP contribution in [0.2, 0.25) is 0 Å². The van der Waals surface area contributed by atoms with E-state index >= 15 is 0 Å². The number of allylic oxidation sites excluding steroid dienone is 38. The van der Waals surface area contributed by atoms with E-state index in [1.54, 1.807) is 0 Å². The van der Waals surface area contributed by atoms with Crippen molar-refractivity contribution < 1.29 is 24.2 Å². The molecule has 0 aliphatic rings. The summed E-state index contributed by atoms with van der Waals surface area (Å²) in [5.74, 6) is -0.638. The number of hydrogen-bond donors (Lipinski definition) is 1. The fraction of sp³-hybridized carbons (Fsp3) is 0.518. The van der Waals surface area contributed by atoms with Crippen molar-refractivity contribution in [2.45, 2.75) is 264 Å². The molecule has 0 aromatic heterocycles. The molecule has 0 aromatic carbocycles. The lowest BCUT2D eigenvalue weighted by Crippen LogP contribution is -2.28. The molecule has 0 bridgehead atoms. The Morgan fingerprint density at radius 2 is 0.455 bits per heavy atom. The molecule has 0 saturated heterocycles. The molecule has 0 radical (unpaired) electrons. The minimum atomic E-state index is -0.807. The predicted molar refractivity (Wildman–Crippen MR) is 388 cm³/mol. The van der Waals surface area contributed by atoms with Gasteiger partial charge in [-0.1, -0.05) is 315 Å². The zero-order valence-electron chi connectivity index (χ0n) is 55.9. The summed E-state index contributed by atoms with van der Waals surface area (Å²) in [6.45, 7) is 3.88. The second-order valence-corrected chi connectivity index (χ2v) is 22.1. The zero-order valence-corrected chi connectivity index (χ0v) is 55.9. The first-order valence-electron chi connectivity index (χ1n) is 34.9. The third-order valence-electron chi connectivity index (χ3n) is 14.0. The lowest BCUT2D eigenvalue weighted by Gasteiger charge is -2.15. The van der Waals surface area contributed by atoms with Gasteiger partial charge in [-0.25, -0.2) is 0 Å². The summed E-state index contributed by atoms with van der Waals surface area (Å²) in [7, 11) is 0. The van der Waals surface area contributed by atoms with Gasteiger partial charge in [-0.15, -0.1) is 0 Å². The summed E-state index contributed by atoms with van der Waals surface area (Å²) in [4.78, 5) is 24.6. The summed E-state index contributed by atoms with van der Waals surface area (Å²) in [6.07, 6.45) is 123. The molecule has 488 valence electrons. The van der Waals surface area contributed by atoms with Crippen LogP contribution in [0.5, 0.6) is 0 Å². The third kappa shape index (κ3) is 72.4. The van der Waals surface area contributed by atoms with E-state index in [2.05, 4.69) is 245 Å². The molecule has 88 heavy (non-hydrogen) atoms. The predicted octanol–water partition coefficient (Wildman–Crippen LogP) is 24.9. The lowest BCUT2D eigenvalue weighted by atomic mass is 10.0. The fourth-order valence-electron chi connectivity index (χ4n) is 8.81. The summed E-state index contributed by atoms with van der Waals surface area (Å²) in [5.41, 5.74) is 0. The Morgan fingerprint density at radius 3 is 0.682 bits per heavy atom. The molecule has 0 spiro atoms. The number of aliphatic hydroxyl groups excluding tert-OH is 1. The van der Waals surface area contributed by atoms with E-state index < -0.39 is 6.10 Å². The summed E-state index contributed by atoms with van der Waals surface area (Å²) in [6, 6.07) is 0. The van der Waals surface area contributed by atoms with Crippen molar-refractivity contribution in [2.75, 3.05) is 13.2 Å². The summed E-state index contributed by atoms with van der Waals surface area (Å²) >= 11 is 0. The molecular weight excluding hydrogens is 1080 g/mol. The van der Waals surface area contributed by atoms with Gasteiger partial charge in [0.25, 0.3) is 0 Å². The minimum absolute atomic E-state index is 0.0928. The van der Waals surface area contributed by atoms with E-state index in [0.717, 1.165) is 173 Å². The molecule has 1 unspecified atom stereocenters. The maximum atomic E-state index is 12.4. The van der Waals surface area contributed by atoms with Crippen LogP contribution in [-0.2, 0) is 19.1 Å². The Labute approximate surface area is 541 Å². The number of unbranched alkanes of at least 4 members (excludes halogenated alkanes) is 15. The molecule has 0 rings (SSSR count). The third-order valence-corrected chi connectivity index (χ3v) is 14.0. The van der Waals surface area contributed by atoms with Crippen molar-refractivity contribution in [3.8, 4) is 0 Å². The first kappa shape index (κ1) is 82.0. The van der Waals surface area contributed by atoms with Gasteiger partial charge >= 0.3 is 11.9 Å². The van der Waals surface area contributed by atoms with E-state index in [1.165, 1.54) is 57.8 Å². The number of hydrogen-bond acceptors (Lipinski definition) is 5. The molecule has 0 saturated carbocycles. The molecular formula is C83H126O5. The van der Waals surface area contributed by atoms with Crippen molar-refractivity contribution in [3.63, 3.8) is 0 Å². The van der Waals surface area contributed by atoms with Gasteiger partial charge in [0.1, 0.15) is 6.61 Å². The Bertz CT molecular complexity index is 2150. The Kier molecular flexibility index (Phi) is 70.0. The van der Waals surface area contributed by atoms with E-state index in [4.69, 9.17) is 9.47 Å². The quantitative estimate of drug-likeness (QED) is 0.0373. The Balaban J connectivity index is 3.66. The number of esters is 2. The van der Waals surface area contributed by atoms with Crippen LogP contribution in [0.4, 0.5) is 0 Å². The normalized spacial score (nSPS) is 13.7. The van der Waals surface area contributed by atoms with Crippen molar-refractivity contribution in [3.05, 3.63) is 231 Å². The van der Waals surface area contributed by atoms with Crippen molar-refractivity contribution >= 4 is 11.9 Å². The Morgan fingerprint density at radius 1 is 0.261 bits per heavy atom. The van der Waals surface area contributed by atoms with E-state index in [9.17, 15) is 14.7 Å². The highest BCUT2D eigenvalue weighted by molar-refractivity contribution is 5.70. The van der Waals surface area contributed by atoms with Crippen LogP contribution in [0.15, 0.2) is 231 Å². The van der Waals surface area contributed by atoms with E-state index in [0.29, 0.717) is 12.8 Å². The molecule has 0 aliphatic heterocycles. The SMILES string of the molecule is CC/C=C\C/C=C\C/C=C\C/C=C\C/C=C\C/C=C\C/C=C\C/C=C\C/C=C\C/C=C\C/C=C\C/C=C\CCCCCCC(=O)OC(CO)COC(=O)CCCCCCCCCCCCC/C=C\C/C=C\C/C=C\C/C=C\C/C=C\C/C=C\C/C=C\CC. The van der Waals surface area contributed by atoms with Gasteiger partial charge < -0.3 is 14.6 Å². The van der Waals surface area contributed by atoms with Gasteiger partial charge in [0, 0.05) is 12.8 Å². The average molecular weight is 1200 g/mol. The molecule has 5 nitrogen and oxygen atoms in total. The minimum Gasteiger partial charge on any atom is -0.462 e. The van der Waals surface area contributed by atoms with Gasteiger partial charge in [-0.05, 0) is 161 Å². The van der Waals surface area contributed by atoms with Crippen molar-refractivity contribution in [1.29, 1.82) is 0 Å². The zero-order chi connectivity index (χ0) is 63.3. The molecule has 0 heterocycles. The molecule has 1 N–H and O–H groups in total. The largest absolute Gasteiger partial charge is 0.462 e. The molecule has 5 heteroatoms. The second kappa shape index (κ2) is 75.2. The van der Waals surface area contributed by atoms with Crippen LogP contribution in [0.3, 0.4) is 0 Å². The number of rotatable bonds is 61.